The van der Waals surface area contributed by atoms with Gasteiger partial charge in [-0.05, 0) is 23.6 Å². The lowest BCUT2D eigenvalue weighted by Crippen LogP contribution is -2.30. The lowest BCUT2D eigenvalue weighted by Gasteiger charge is -1.90. The molecule has 0 bridgehead atoms. The number of rotatable bonds is 1. The number of fused-ring (bicyclic) bond motifs is 1. The van der Waals surface area contributed by atoms with Crippen molar-refractivity contribution in [3.05, 3.63) is 35.7 Å². The van der Waals surface area contributed by atoms with Gasteiger partial charge in [-0.3, -0.25) is 0 Å². The van der Waals surface area contributed by atoms with Gasteiger partial charge in [-0.25, -0.2) is 4.85 Å². The molecule has 0 aliphatic rings. The van der Waals surface area contributed by atoms with Crippen LogP contribution in [0.2, 0.25) is 0 Å². The SMILES string of the molecule is [C-]#[N+]c1ccc2[nH]c(B(O)O)cc2c1. The van der Waals surface area contributed by atoms with E-state index in [0.717, 1.165) is 10.9 Å². The highest BCUT2D eigenvalue weighted by Gasteiger charge is 2.13. The summed E-state index contributed by atoms with van der Waals surface area (Å²) < 4.78 is 0. The highest BCUT2D eigenvalue weighted by atomic mass is 16.4. The number of nitrogens with zero attached hydrogens (tertiary/aromatic N) is 1. The van der Waals surface area contributed by atoms with Crippen LogP contribution in [0.3, 0.4) is 0 Å². The Morgan fingerprint density at radius 2 is 2.07 bits per heavy atom. The third kappa shape index (κ3) is 1.37. The Morgan fingerprint density at radius 3 is 2.71 bits per heavy atom. The number of hydrogen-bond acceptors (Lipinski definition) is 2. The molecule has 14 heavy (non-hydrogen) atoms. The molecule has 0 atom stereocenters. The van der Waals surface area contributed by atoms with Gasteiger partial charge in [0.05, 0.1) is 6.57 Å². The Hall–Kier alpha value is -1.77. The van der Waals surface area contributed by atoms with Gasteiger partial charge in [-0.15, -0.1) is 0 Å². The molecule has 68 valence electrons. The van der Waals surface area contributed by atoms with Gasteiger partial charge < -0.3 is 15.0 Å². The first-order valence-electron chi connectivity index (χ1n) is 4.07. The summed E-state index contributed by atoms with van der Waals surface area (Å²) in [6.45, 7) is 6.83. The Bertz CT molecular complexity index is 513. The van der Waals surface area contributed by atoms with Gasteiger partial charge in [-0.2, -0.15) is 0 Å². The number of hydrogen-bond donors (Lipinski definition) is 3. The molecular formula is C9H7BN2O2. The van der Waals surface area contributed by atoms with Crippen molar-refractivity contribution >= 4 is 29.3 Å². The number of nitrogens with one attached hydrogen (secondary N) is 1. The van der Waals surface area contributed by atoms with E-state index in [1.807, 2.05) is 0 Å². The molecule has 0 saturated heterocycles. The molecule has 0 radical (unpaired) electrons. The summed E-state index contributed by atoms with van der Waals surface area (Å²) in [7, 11) is -1.50. The second-order valence-corrected chi connectivity index (χ2v) is 2.98. The molecular weight excluding hydrogens is 179 g/mol. The highest BCUT2D eigenvalue weighted by molar-refractivity contribution is 6.58. The average Bonchev–Trinajstić information content (AvgIpc) is 2.59. The van der Waals surface area contributed by atoms with Crippen molar-refractivity contribution in [2.45, 2.75) is 0 Å². The lowest BCUT2D eigenvalue weighted by atomic mass is 9.86. The van der Waals surface area contributed by atoms with Gasteiger partial charge >= 0.3 is 7.12 Å². The first-order chi connectivity index (χ1) is 6.70. The standard InChI is InChI=1S/C9H7BN2O2/c1-11-7-2-3-8-6(4-7)5-9(12-8)10(13)14/h2-5,12-14H. The molecule has 0 unspecified atom stereocenters. The maximum absolute atomic E-state index is 8.92. The Kier molecular flexibility index (Phi) is 2.00. The molecule has 5 heteroatoms. The van der Waals surface area contributed by atoms with Crippen molar-refractivity contribution in [3.63, 3.8) is 0 Å². The van der Waals surface area contributed by atoms with E-state index in [1.54, 1.807) is 24.3 Å². The first-order valence-corrected chi connectivity index (χ1v) is 4.07. The molecule has 4 nitrogen and oxygen atoms in total. The van der Waals surface area contributed by atoms with E-state index >= 15 is 0 Å². The minimum atomic E-state index is -1.50. The van der Waals surface area contributed by atoms with Crippen molar-refractivity contribution in [2.24, 2.45) is 0 Å². The third-order valence-electron chi connectivity index (χ3n) is 2.03. The van der Waals surface area contributed by atoms with Crippen LogP contribution in [0.5, 0.6) is 0 Å². The minimum absolute atomic E-state index is 0.335. The van der Waals surface area contributed by atoms with Gasteiger partial charge in [0.2, 0.25) is 0 Å². The van der Waals surface area contributed by atoms with Crippen LogP contribution in [-0.4, -0.2) is 22.2 Å². The summed E-state index contributed by atoms with van der Waals surface area (Å²) in [4.78, 5) is 6.13. The van der Waals surface area contributed by atoms with Crippen LogP contribution < -0.4 is 5.59 Å². The summed E-state index contributed by atoms with van der Waals surface area (Å²) in [5, 5.41) is 18.6. The summed E-state index contributed by atoms with van der Waals surface area (Å²) >= 11 is 0. The van der Waals surface area contributed by atoms with Crippen LogP contribution in [-0.2, 0) is 0 Å². The van der Waals surface area contributed by atoms with Crippen molar-refractivity contribution in [1.29, 1.82) is 0 Å². The topological polar surface area (TPSA) is 60.6 Å². The van der Waals surface area contributed by atoms with Crippen molar-refractivity contribution in [3.8, 4) is 0 Å². The molecule has 0 aliphatic carbocycles. The van der Waals surface area contributed by atoms with E-state index in [0.29, 0.717) is 11.3 Å². The molecule has 2 rings (SSSR count). The second-order valence-electron chi connectivity index (χ2n) is 2.98. The molecule has 0 spiro atoms. The molecule has 0 aliphatic heterocycles. The fourth-order valence-corrected chi connectivity index (χ4v) is 1.35. The van der Waals surface area contributed by atoms with E-state index in [-0.39, 0.29) is 0 Å². The molecule has 3 N–H and O–H groups in total. The molecule has 1 aromatic carbocycles. The van der Waals surface area contributed by atoms with E-state index in [4.69, 9.17) is 16.6 Å². The van der Waals surface area contributed by atoms with Crippen LogP contribution in [0.25, 0.3) is 15.7 Å². The zero-order valence-corrected chi connectivity index (χ0v) is 7.23. The smallest absolute Gasteiger partial charge is 0.422 e. The molecule has 0 saturated carbocycles. The molecule has 0 amide bonds. The number of aromatic amines is 1. The van der Waals surface area contributed by atoms with Crippen molar-refractivity contribution < 1.29 is 10.0 Å². The lowest BCUT2D eigenvalue weighted by molar-refractivity contribution is 0.424. The zero-order valence-electron chi connectivity index (χ0n) is 7.23. The van der Waals surface area contributed by atoms with Crippen LogP contribution in [0.1, 0.15) is 0 Å². The summed E-state index contributed by atoms with van der Waals surface area (Å²) in [6.07, 6.45) is 0. The van der Waals surface area contributed by atoms with Gasteiger partial charge in [-0.1, -0.05) is 6.07 Å². The minimum Gasteiger partial charge on any atom is -0.422 e. The highest BCUT2D eigenvalue weighted by Crippen LogP contribution is 2.19. The Morgan fingerprint density at radius 1 is 1.29 bits per heavy atom. The van der Waals surface area contributed by atoms with Gasteiger partial charge in [0.1, 0.15) is 0 Å². The average molecular weight is 186 g/mol. The summed E-state index contributed by atoms with van der Waals surface area (Å²) in [5.74, 6) is 0. The predicted molar refractivity (Wildman–Crippen MR) is 54.4 cm³/mol. The van der Waals surface area contributed by atoms with Gasteiger partial charge in [0.15, 0.2) is 5.69 Å². The predicted octanol–water partition coefficient (Wildman–Crippen LogP) is 0.398. The van der Waals surface area contributed by atoms with E-state index in [1.165, 1.54) is 0 Å². The molecule has 1 aromatic heterocycles. The van der Waals surface area contributed by atoms with E-state index in [2.05, 4.69) is 9.83 Å². The monoisotopic (exact) mass is 186 g/mol. The quantitative estimate of drug-likeness (QED) is 0.445. The largest absolute Gasteiger partial charge is 0.505 e. The number of benzene rings is 1. The van der Waals surface area contributed by atoms with Crippen LogP contribution in [0.15, 0.2) is 24.3 Å². The molecule has 2 aromatic rings. The molecule has 1 heterocycles. The number of H-pyrrole nitrogens is 1. The van der Waals surface area contributed by atoms with E-state index in [9.17, 15) is 0 Å². The summed E-state index contributed by atoms with van der Waals surface area (Å²) in [6, 6.07) is 6.74. The zero-order chi connectivity index (χ0) is 10.1. The maximum Gasteiger partial charge on any atom is 0.505 e. The van der Waals surface area contributed by atoms with Gasteiger partial charge in [0, 0.05) is 11.1 Å². The van der Waals surface area contributed by atoms with Crippen LogP contribution in [0, 0.1) is 6.57 Å². The van der Waals surface area contributed by atoms with Crippen molar-refractivity contribution in [1.82, 2.24) is 4.98 Å². The number of aromatic nitrogens is 1. The van der Waals surface area contributed by atoms with Crippen LogP contribution in [0.4, 0.5) is 5.69 Å². The fraction of sp³-hybridized carbons (Fsp3) is 0. The van der Waals surface area contributed by atoms with E-state index < -0.39 is 7.12 Å². The van der Waals surface area contributed by atoms with Gasteiger partial charge in [0.25, 0.3) is 0 Å². The maximum atomic E-state index is 8.92. The van der Waals surface area contributed by atoms with Crippen LogP contribution >= 0.6 is 0 Å². The third-order valence-corrected chi connectivity index (χ3v) is 2.03. The fourth-order valence-electron chi connectivity index (χ4n) is 1.35. The molecule has 0 fully saturated rings. The summed E-state index contributed by atoms with van der Waals surface area (Å²) in [5.41, 5.74) is 1.66. The van der Waals surface area contributed by atoms with Crippen molar-refractivity contribution in [2.75, 3.05) is 0 Å². The second kappa shape index (κ2) is 3.18. The Labute approximate surface area is 80.8 Å². The normalized spacial score (nSPS) is 10.1. The Balaban J connectivity index is 2.61. The first kappa shape index (κ1) is 8.82.